The van der Waals surface area contributed by atoms with E-state index in [0.29, 0.717) is 38.0 Å². The fraction of sp³-hybridized carbons (Fsp3) is 0.733. The van der Waals surface area contributed by atoms with E-state index in [1.165, 1.54) is 0 Å². The molecule has 0 aromatic rings. The Kier molecular flexibility index (Phi) is 3.51. The molecule has 2 N–H and O–H groups in total. The normalized spacial score (nSPS) is 37.0. The standard InChI is InChI=1S/C15H18N2O4/c16-8-14(9-17)7-13(19)12(18)5-10-6-15(2-1-11(10)14)20-3-4-21-15/h1,10,12-13,18-19H,2-7H2. The second-order valence-corrected chi connectivity index (χ2v) is 6.08. The zero-order valence-electron chi connectivity index (χ0n) is 11.7. The van der Waals surface area contributed by atoms with Crippen LogP contribution in [0.4, 0.5) is 0 Å². The number of aliphatic hydroxyl groups excluding tert-OH is 2. The minimum absolute atomic E-state index is 0.0573. The third-order valence-electron chi connectivity index (χ3n) is 4.80. The van der Waals surface area contributed by atoms with Crippen LogP contribution in [0.5, 0.6) is 0 Å². The predicted molar refractivity (Wildman–Crippen MR) is 70.3 cm³/mol. The van der Waals surface area contributed by atoms with Crippen molar-refractivity contribution in [3.05, 3.63) is 11.6 Å². The summed E-state index contributed by atoms with van der Waals surface area (Å²) in [6.45, 7) is 1.06. The Hall–Kier alpha value is -1.44. The van der Waals surface area contributed by atoms with Gasteiger partial charge in [0.25, 0.3) is 0 Å². The van der Waals surface area contributed by atoms with Crippen LogP contribution in [-0.2, 0) is 9.47 Å². The Labute approximate surface area is 123 Å². The van der Waals surface area contributed by atoms with Gasteiger partial charge < -0.3 is 19.7 Å². The summed E-state index contributed by atoms with van der Waals surface area (Å²) in [6.07, 6.45) is 1.08. The number of hydrogen-bond acceptors (Lipinski definition) is 6. The molecule has 3 aliphatic rings. The van der Waals surface area contributed by atoms with Gasteiger partial charge in [0, 0.05) is 19.3 Å². The van der Waals surface area contributed by atoms with Gasteiger partial charge in [0.15, 0.2) is 11.2 Å². The van der Waals surface area contributed by atoms with E-state index in [4.69, 9.17) is 9.47 Å². The van der Waals surface area contributed by atoms with Crippen LogP contribution in [0.2, 0.25) is 0 Å². The topological polar surface area (TPSA) is 107 Å². The Balaban J connectivity index is 2.00. The van der Waals surface area contributed by atoms with Crippen LogP contribution in [-0.4, -0.2) is 41.4 Å². The number of ether oxygens (including phenoxy) is 2. The second-order valence-electron chi connectivity index (χ2n) is 6.08. The Morgan fingerprint density at radius 3 is 2.38 bits per heavy atom. The maximum Gasteiger partial charge on any atom is 0.172 e. The lowest BCUT2D eigenvalue weighted by molar-refractivity contribution is -0.171. The number of aliphatic hydroxyl groups is 2. The fourth-order valence-electron chi connectivity index (χ4n) is 3.73. The molecule has 2 aliphatic carbocycles. The molecule has 112 valence electrons. The van der Waals surface area contributed by atoms with Gasteiger partial charge in [-0.25, -0.2) is 0 Å². The average molecular weight is 290 g/mol. The molecule has 0 aromatic heterocycles. The molecule has 0 radical (unpaired) electrons. The lowest BCUT2D eigenvalue weighted by Gasteiger charge is -2.38. The van der Waals surface area contributed by atoms with Crippen molar-refractivity contribution in [1.82, 2.24) is 0 Å². The van der Waals surface area contributed by atoms with Gasteiger partial charge >= 0.3 is 0 Å². The summed E-state index contributed by atoms with van der Waals surface area (Å²) in [5, 5.41) is 39.1. The molecule has 6 nitrogen and oxygen atoms in total. The monoisotopic (exact) mass is 290 g/mol. The van der Waals surface area contributed by atoms with Crippen molar-refractivity contribution in [2.45, 2.75) is 43.7 Å². The van der Waals surface area contributed by atoms with Crippen molar-refractivity contribution in [3.8, 4) is 12.1 Å². The SMILES string of the molecule is N#CC1(C#N)CC(O)C(O)CC2CC3(CC=C21)OCCO3. The molecule has 3 unspecified atom stereocenters. The van der Waals surface area contributed by atoms with Gasteiger partial charge in [-0.2, -0.15) is 10.5 Å². The average Bonchev–Trinajstić information content (AvgIpc) is 2.89. The maximum atomic E-state index is 10.1. The van der Waals surface area contributed by atoms with E-state index < -0.39 is 23.4 Å². The van der Waals surface area contributed by atoms with Gasteiger partial charge in [0.1, 0.15) is 0 Å². The molecule has 3 rings (SSSR count). The Bertz CT molecular complexity index is 525. The van der Waals surface area contributed by atoms with E-state index in [2.05, 4.69) is 12.1 Å². The van der Waals surface area contributed by atoms with Crippen LogP contribution in [0.1, 0.15) is 25.7 Å². The summed E-state index contributed by atoms with van der Waals surface area (Å²) in [5.41, 5.74) is -0.672. The summed E-state index contributed by atoms with van der Waals surface area (Å²) in [5.74, 6) is -0.886. The minimum Gasteiger partial charge on any atom is -0.390 e. The highest BCUT2D eigenvalue weighted by molar-refractivity contribution is 5.38. The fourth-order valence-corrected chi connectivity index (χ4v) is 3.73. The highest BCUT2D eigenvalue weighted by atomic mass is 16.7. The first-order valence-electron chi connectivity index (χ1n) is 7.21. The van der Waals surface area contributed by atoms with Crippen LogP contribution in [0.25, 0.3) is 0 Å². The molecule has 0 aromatic carbocycles. The lowest BCUT2D eigenvalue weighted by Crippen LogP contribution is -2.39. The molecule has 1 saturated heterocycles. The maximum absolute atomic E-state index is 10.1. The first-order chi connectivity index (χ1) is 10.0. The summed E-state index contributed by atoms with van der Waals surface area (Å²) in [4.78, 5) is 0. The first-order valence-corrected chi connectivity index (χ1v) is 7.21. The van der Waals surface area contributed by atoms with Gasteiger partial charge in [0.05, 0.1) is 37.6 Å². The molecule has 1 saturated carbocycles. The van der Waals surface area contributed by atoms with Crippen molar-refractivity contribution < 1.29 is 19.7 Å². The molecule has 6 heteroatoms. The number of allylic oxidation sites excluding steroid dienone is 1. The van der Waals surface area contributed by atoms with Crippen LogP contribution in [0.3, 0.4) is 0 Å². The highest BCUT2D eigenvalue weighted by Crippen LogP contribution is 2.50. The number of fused-ring (bicyclic) bond motifs is 1. The van der Waals surface area contributed by atoms with Crippen molar-refractivity contribution in [2.24, 2.45) is 11.3 Å². The van der Waals surface area contributed by atoms with Crippen molar-refractivity contribution in [1.29, 1.82) is 10.5 Å². The van der Waals surface area contributed by atoms with E-state index in [1.54, 1.807) is 0 Å². The highest BCUT2D eigenvalue weighted by Gasteiger charge is 2.51. The predicted octanol–water partition coefficient (Wildman–Crippen LogP) is 0.615. The summed E-state index contributed by atoms with van der Waals surface area (Å²) >= 11 is 0. The van der Waals surface area contributed by atoms with E-state index in [-0.39, 0.29) is 12.3 Å². The van der Waals surface area contributed by atoms with Gasteiger partial charge in [0.2, 0.25) is 0 Å². The van der Waals surface area contributed by atoms with Gasteiger partial charge in [-0.15, -0.1) is 0 Å². The molecule has 1 spiro atoms. The second kappa shape index (κ2) is 5.08. The number of nitrogens with zero attached hydrogens (tertiary/aromatic N) is 2. The zero-order valence-corrected chi connectivity index (χ0v) is 11.7. The van der Waals surface area contributed by atoms with E-state index in [9.17, 15) is 20.7 Å². The number of nitriles is 2. The van der Waals surface area contributed by atoms with Crippen LogP contribution in [0, 0.1) is 34.0 Å². The summed E-state index contributed by atoms with van der Waals surface area (Å²) < 4.78 is 11.4. The van der Waals surface area contributed by atoms with Crippen LogP contribution in [0.15, 0.2) is 11.6 Å². The zero-order chi connectivity index (χ0) is 15.1. The quantitative estimate of drug-likeness (QED) is 0.633. The van der Waals surface area contributed by atoms with Gasteiger partial charge in [-0.3, -0.25) is 0 Å². The lowest BCUT2D eigenvalue weighted by atomic mass is 9.69. The Morgan fingerprint density at radius 1 is 1.10 bits per heavy atom. The minimum atomic E-state index is -1.37. The van der Waals surface area contributed by atoms with Crippen molar-refractivity contribution in [2.75, 3.05) is 13.2 Å². The molecule has 1 aliphatic heterocycles. The molecule has 3 atom stereocenters. The summed E-state index contributed by atoms with van der Waals surface area (Å²) in [7, 11) is 0. The van der Waals surface area contributed by atoms with Crippen LogP contribution >= 0.6 is 0 Å². The van der Waals surface area contributed by atoms with Crippen molar-refractivity contribution in [3.63, 3.8) is 0 Å². The smallest absolute Gasteiger partial charge is 0.172 e. The van der Waals surface area contributed by atoms with Gasteiger partial charge in [-0.1, -0.05) is 6.08 Å². The molecular weight excluding hydrogens is 272 g/mol. The van der Waals surface area contributed by atoms with E-state index in [0.717, 1.165) is 0 Å². The number of hydrogen-bond donors (Lipinski definition) is 2. The molecule has 0 bridgehead atoms. The molecular formula is C15H18N2O4. The largest absolute Gasteiger partial charge is 0.390 e. The van der Waals surface area contributed by atoms with Gasteiger partial charge in [-0.05, 0) is 17.9 Å². The third kappa shape index (κ3) is 2.25. The van der Waals surface area contributed by atoms with E-state index >= 15 is 0 Å². The van der Waals surface area contributed by atoms with Crippen molar-refractivity contribution >= 4 is 0 Å². The molecule has 21 heavy (non-hydrogen) atoms. The Morgan fingerprint density at radius 2 is 1.76 bits per heavy atom. The first kappa shape index (κ1) is 14.5. The molecule has 1 heterocycles. The van der Waals surface area contributed by atoms with E-state index in [1.807, 2.05) is 6.08 Å². The molecule has 2 fully saturated rings. The summed E-state index contributed by atoms with van der Waals surface area (Å²) in [6, 6.07) is 4.11. The number of rotatable bonds is 0. The molecule has 0 amide bonds. The van der Waals surface area contributed by atoms with Crippen LogP contribution < -0.4 is 0 Å². The third-order valence-corrected chi connectivity index (χ3v) is 4.80.